The number of piperidine rings is 1. The lowest BCUT2D eigenvalue weighted by Crippen LogP contribution is -2.49. The fraction of sp³-hybridized carbons (Fsp3) is 0.571. The normalized spacial score (nSPS) is 23.1. The van der Waals surface area contributed by atoms with Crippen LogP contribution in [-0.2, 0) is 0 Å². The first-order valence-electron chi connectivity index (χ1n) is 6.25. The molecule has 0 radical (unpaired) electrons. The van der Waals surface area contributed by atoms with E-state index in [0.29, 0.717) is 6.04 Å². The minimum absolute atomic E-state index is 0.238. The Labute approximate surface area is 104 Å². The Bertz CT molecular complexity index is 359. The first-order valence-corrected chi connectivity index (χ1v) is 6.25. The molecule has 1 fully saturated rings. The van der Waals surface area contributed by atoms with Gasteiger partial charge in [-0.05, 0) is 57.5 Å². The lowest BCUT2D eigenvalue weighted by Gasteiger charge is -2.37. The van der Waals surface area contributed by atoms with E-state index in [1.807, 2.05) is 12.1 Å². The molecule has 1 aliphatic rings. The van der Waals surface area contributed by atoms with Crippen LogP contribution in [0.25, 0.3) is 0 Å². The zero-order valence-corrected chi connectivity index (χ0v) is 10.9. The van der Waals surface area contributed by atoms with Gasteiger partial charge in [-0.1, -0.05) is 0 Å². The first kappa shape index (κ1) is 12.2. The van der Waals surface area contributed by atoms with Crippen LogP contribution < -0.4 is 15.4 Å². The maximum absolute atomic E-state index is 5.15. The number of benzene rings is 1. The largest absolute Gasteiger partial charge is 0.497 e. The van der Waals surface area contributed by atoms with Crippen molar-refractivity contribution in [2.24, 2.45) is 0 Å². The Morgan fingerprint density at radius 1 is 1.29 bits per heavy atom. The number of hydrogen-bond acceptors (Lipinski definition) is 3. The number of ether oxygens (including phenoxy) is 1. The molecular weight excluding hydrogens is 212 g/mol. The zero-order chi connectivity index (χ0) is 12.3. The predicted octanol–water partition coefficient (Wildman–Crippen LogP) is 2.64. The third kappa shape index (κ3) is 3.37. The van der Waals surface area contributed by atoms with Crippen LogP contribution in [-0.4, -0.2) is 25.2 Å². The van der Waals surface area contributed by atoms with Crippen LogP contribution in [0.1, 0.15) is 26.7 Å². The van der Waals surface area contributed by atoms with Crippen LogP contribution >= 0.6 is 0 Å². The summed E-state index contributed by atoms with van der Waals surface area (Å²) in [4.78, 5) is 0. The third-order valence-electron chi connectivity index (χ3n) is 3.31. The molecule has 1 atom stereocenters. The minimum atomic E-state index is 0.238. The smallest absolute Gasteiger partial charge is 0.119 e. The van der Waals surface area contributed by atoms with Gasteiger partial charge in [0, 0.05) is 17.3 Å². The van der Waals surface area contributed by atoms with Crippen molar-refractivity contribution in [2.45, 2.75) is 38.3 Å². The van der Waals surface area contributed by atoms with Crippen molar-refractivity contribution in [3.63, 3.8) is 0 Å². The van der Waals surface area contributed by atoms with Crippen LogP contribution in [0, 0.1) is 0 Å². The molecule has 2 N–H and O–H groups in total. The maximum Gasteiger partial charge on any atom is 0.119 e. The Kier molecular flexibility index (Phi) is 3.57. The van der Waals surface area contributed by atoms with Gasteiger partial charge in [0.2, 0.25) is 0 Å². The van der Waals surface area contributed by atoms with E-state index in [1.165, 1.54) is 12.1 Å². The topological polar surface area (TPSA) is 33.3 Å². The summed E-state index contributed by atoms with van der Waals surface area (Å²) in [6.07, 6.45) is 2.33. The van der Waals surface area contributed by atoms with Crippen molar-refractivity contribution in [3.05, 3.63) is 24.3 Å². The summed E-state index contributed by atoms with van der Waals surface area (Å²) in [7, 11) is 1.69. The second kappa shape index (κ2) is 4.96. The molecule has 0 bridgehead atoms. The lowest BCUT2D eigenvalue weighted by atomic mass is 9.89. The van der Waals surface area contributed by atoms with Crippen molar-refractivity contribution in [1.82, 2.24) is 5.32 Å². The van der Waals surface area contributed by atoms with E-state index in [9.17, 15) is 0 Å². The molecule has 3 nitrogen and oxygen atoms in total. The predicted molar refractivity (Wildman–Crippen MR) is 71.7 cm³/mol. The highest BCUT2D eigenvalue weighted by Crippen LogP contribution is 2.23. The van der Waals surface area contributed by atoms with Gasteiger partial charge in [-0.3, -0.25) is 0 Å². The van der Waals surface area contributed by atoms with Gasteiger partial charge in [-0.25, -0.2) is 0 Å². The SMILES string of the molecule is COc1ccc(NC2CCNC(C)(C)C2)cc1. The molecule has 0 spiro atoms. The molecular formula is C14H22N2O. The van der Waals surface area contributed by atoms with E-state index in [-0.39, 0.29) is 5.54 Å². The third-order valence-corrected chi connectivity index (χ3v) is 3.31. The second-order valence-electron chi connectivity index (χ2n) is 5.37. The fourth-order valence-corrected chi connectivity index (χ4v) is 2.42. The van der Waals surface area contributed by atoms with Crippen LogP contribution in [0.2, 0.25) is 0 Å². The van der Waals surface area contributed by atoms with E-state index >= 15 is 0 Å². The molecule has 1 aromatic rings. The summed E-state index contributed by atoms with van der Waals surface area (Å²) in [6, 6.07) is 8.70. The number of rotatable bonds is 3. The molecule has 1 saturated heterocycles. The standard InChI is InChI=1S/C14H22N2O/c1-14(2)10-12(8-9-15-14)16-11-4-6-13(17-3)7-5-11/h4-7,12,15-16H,8-10H2,1-3H3. The fourth-order valence-electron chi connectivity index (χ4n) is 2.42. The van der Waals surface area contributed by atoms with Crippen LogP contribution in [0.5, 0.6) is 5.75 Å². The van der Waals surface area contributed by atoms with Crippen molar-refractivity contribution < 1.29 is 4.74 Å². The molecule has 2 rings (SSSR count). The van der Waals surface area contributed by atoms with Gasteiger partial charge >= 0.3 is 0 Å². The molecule has 0 saturated carbocycles. The summed E-state index contributed by atoms with van der Waals surface area (Å²) in [6.45, 7) is 5.60. The van der Waals surface area contributed by atoms with Gasteiger partial charge in [0.1, 0.15) is 5.75 Å². The summed E-state index contributed by atoms with van der Waals surface area (Å²) in [5, 5.41) is 7.12. The highest BCUT2D eigenvalue weighted by atomic mass is 16.5. The highest BCUT2D eigenvalue weighted by Gasteiger charge is 2.27. The van der Waals surface area contributed by atoms with Crippen LogP contribution in [0.15, 0.2) is 24.3 Å². The van der Waals surface area contributed by atoms with Gasteiger partial charge < -0.3 is 15.4 Å². The molecule has 17 heavy (non-hydrogen) atoms. The molecule has 0 amide bonds. The minimum Gasteiger partial charge on any atom is -0.497 e. The molecule has 1 aromatic carbocycles. The molecule has 0 aromatic heterocycles. The summed E-state index contributed by atoms with van der Waals surface area (Å²) in [5.41, 5.74) is 1.41. The van der Waals surface area contributed by atoms with E-state index in [4.69, 9.17) is 4.74 Å². The van der Waals surface area contributed by atoms with Crippen LogP contribution in [0.4, 0.5) is 5.69 Å². The lowest BCUT2D eigenvalue weighted by molar-refractivity contribution is 0.286. The van der Waals surface area contributed by atoms with E-state index in [1.54, 1.807) is 7.11 Å². The van der Waals surface area contributed by atoms with Gasteiger partial charge in [0.15, 0.2) is 0 Å². The average molecular weight is 234 g/mol. The molecule has 1 aliphatic heterocycles. The van der Waals surface area contributed by atoms with Gasteiger partial charge in [0.05, 0.1) is 7.11 Å². The summed E-state index contributed by atoms with van der Waals surface area (Å²) < 4.78 is 5.15. The second-order valence-corrected chi connectivity index (χ2v) is 5.37. The molecule has 1 heterocycles. The monoisotopic (exact) mass is 234 g/mol. The quantitative estimate of drug-likeness (QED) is 0.843. The zero-order valence-electron chi connectivity index (χ0n) is 10.9. The first-order chi connectivity index (χ1) is 8.09. The van der Waals surface area contributed by atoms with Crippen LogP contribution in [0.3, 0.4) is 0 Å². The Morgan fingerprint density at radius 2 is 2.00 bits per heavy atom. The van der Waals surface area contributed by atoms with Gasteiger partial charge in [0.25, 0.3) is 0 Å². The number of hydrogen-bond donors (Lipinski definition) is 2. The maximum atomic E-state index is 5.15. The van der Waals surface area contributed by atoms with E-state index in [0.717, 1.165) is 18.7 Å². The number of nitrogens with one attached hydrogen (secondary N) is 2. The van der Waals surface area contributed by atoms with Crippen molar-refractivity contribution in [2.75, 3.05) is 19.0 Å². The molecule has 0 aliphatic carbocycles. The Hall–Kier alpha value is -1.22. The molecule has 94 valence electrons. The number of anilines is 1. The highest BCUT2D eigenvalue weighted by molar-refractivity contribution is 5.47. The average Bonchev–Trinajstić information content (AvgIpc) is 2.29. The van der Waals surface area contributed by atoms with E-state index < -0.39 is 0 Å². The molecule has 1 unspecified atom stereocenters. The summed E-state index contributed by atoms with van der Waals surface area (Å²) >= 11 is 0. The van der Waals surface area contributed by atoms with Crippen molar-refractivity contribution >= 4 is 5.69 Å². The van der Waals surface area contributed by atoms with Gasteiger partial charge in [-0.15, -0.1) is 0 Å². The van der Waals surface area contributed by atoms with Gasteiger partial charge in [-0.2, -0.15) is 0 Å². The van der Waals surface area contributed by atoms with Crippen molar-refractivity contribution in [1.29, 1.82) is 0 Å². The van der Waals surface area contributed by atoms with Crippen molar-refractivity contribution in [3.8, 4) is 5.75 Å². The summed E-state index contributed by atoms with van der Waals surface area (Å²) in [5.74, 6) is 0.904. The Morgan fingerprint density at radius 3 is 2.59 bits per heavy atom. The van der Waals surface area contributed by atoms with E-state index in [2.05, 4.69) is 36.6 Å². The number of methoxy groups -OCH3 is 1. The molecule has 3 heteroatoms. The Balaban J connectivity index is 1.95.